The Morgan fingerprint density at radius 3 is 2.89 bits per heavy atom. The van der Waals surface area contributed by atoms with Crippen molar-refractivity contribution in [2.24, 2.45) is 5.73 Å². The van der Waals surface area contributed by atoms with Crippen molar-refractivity contribution in [2.45, 2.75) is 24.9 Å². The summed E-state index contributed by atoms with van der Waals surface area (Å²) in [6.45, 7) is 5.49. The highest BCUT2D eigenvalue weighted by atomic mass is 79.9. The topological polar surface area (TPSA) is 32.5 Å². The van der Waals surface area contributed by atoms with E-state index in [2.05, 4.69) is 50.0 Å². The molecule has 2 atom stereocenters. The van der Waals surface area contributed by atoms with Gasteiger partial charge < -0.3 is 5.73 Å². The third-order valence-electron chi connectivity index (χ3n) is 4.55. The summed E-state index contributed by atoms with van der Waals surface area (Å²) in [6, 6.07) is 9.58. The van der Waals surface area contributed by atoms with Crippen LogP contribution in [-0.4, -0.2) is 48.6 Å². The van der Waals surface area contributed by atoms with Crippen LogP contribution in [0.3, 0.4) is 0 Å². The molecule has 2 unspecified atom stereocenters. The molecule has 104 valence electrons. The van der Waals surface area contributed by atoms with Gasteiger partial charge in [0.25, 0.3) is 0 Å². The van der Waals surface area contributed by atoms with E-state index in [1.165, 1.54) is 42.5 Å². The van der Waals surface area contributed by atoms with Crippen LogP contribution in [-0.2, 0) is 0 Å². The van der Waals surface area contributed by atoms with Crippen molar-refractivity contribution >= 4 is 15.9 Å². The zero-order valence-electron chi connectivity index (χ0n) is 11.3. The Labute approximate surface area is 123 Å². The van der Waals surface area contributed by atoms with E-state index >= 15 is 0 Å². The molecule has 0 saturated carbocycles. The van der Waals surface area contributed by atoms with Crippen molar-refractivity contribution < 1.29 is 0 Å². The van der Waals surface area contributed by atoms with E-state index in [1.54, 1.807) is 0 Å². The van der Waals surface area contributed by atoms with Gasteiger partial charge in [-0.1, -0.05) is 34.1 Å². The number of hydrogen-bond acceptors (Lipinski definition) is 3. The van der Waals surface area contributed by atoms with Gasteiger partial charge in [0.15, 0.2) is 0 Å². The maximum atomic E-state index is 6.07. The van der Waals surface area contributed by atoms with Gasteiger partial charge in [-0.25, -0.2) is 0 Å². The molecule has 0 spiro atoms. The number of piperazine rings is 1. The standard InChI is InChI=1S/C15H22BrN3/c16-14-6-2-1-5-13(14)15(10-17)19-9-8-18-7-3-4-12(18)11-19/h1-2,5-6,12,15H,3-4,7-11,17H2. The predicted octanol–water partition coefficient (Wildman–Crippen LogP) is 2.23. The van der Waals surface area contributed by atoms with E-state index in [-0.39, 0.29) is 0 Å². The summed E-state index contributed by atoms with van der Waals surface area (Å²) in [7, 11) is 0. The van der Waals surface area contributed by atoms with Gasteiger partial charge in [-0.2, -0.15) is 0 Å². The summed E-state index contributed by atoms with van der Waals surface area (Å²) in [5.41, 5.74) is 7.40. The first-order valence-electron chi connectivity index (χ1n) is 7.22. The van der Waals surface area contributed by atoms with Crippen LogP contribution in [0.15, 0.2) is 28.7 Å². The summed E-state index contributed by atoms with van der Waals surface area (Å²) >= 11 is 3.67. The third-order valence-corrected chi connectivity index (χ3v) is 5.27. The number of nitrogens with zero attached hydrogens (tertiary/aromatic N) is 2. The highest BCUT2D eigenvalue weighted by molar-refractivity contribution is 9.10. The number of fused-ring (bicyclic) bond motifs is 1. The second-order valence-electron chi connectivity index (χ2n) is 5.60. The third kappa shape index (κ3) is 2.72. The zero-order valence-corrected chi connectivity index (χ0v) is 12.8. The molecule has 19 heavy (non-hydrogen) atoms. The Morgan fingerprint density at radius 1 is 1.26 bits per heavy atom. The minimum atomic E-state index is 0.346. The molecular formula is C15H22BrN3. The molecule has 2 N–H and O–H groups in total. The lowest BCUT2D eigenvalue weighted by Gasteiger charge is -2.41. The zero-order chi connectivity index (χ0) is 13.2. The molecule has 2 heterocycles. The molecule has 0 aliphatic carbocycles. The summed E-state index contributed by atoms with van der Waals surface area (Å²) < 4.78 is 1.18. The van der Waals surface area contributed by atoms with Crippen molar-refractivity contribution in [3.63, 3.8) is 0 Å². The Morgan fingerprint density at radius 2 is 2.11 bits per heavy atom. The fourth-order valence-electron chi connectivity index (χ4n) is 3.52. The highest BCUT2D eigenvalue weighted by Gasteiger charge is 2.33. The van der Waals surface area contributed by atoms with Crippen molar-refractivity contribution in [3.8, 4) is 0 Å². The largest absolute Gasteiger partial charge is 0.329 e. The fourth-order valence-corrected chi connectivity index (χ4v) is 4.07. The van der Waals surface area contributed by atoms with Crippen LogP contribution >= 0.6 is 15.9 Å². The van der Waals surface area contributed by atoms with Gasteiger partial charge in [-0.15, -0.1) is 0 Å². The number of nitrogens with two attached hydrogens (primary N) is 1. The molecule has 1 aromatic rings. The van der Waals surface area contributed by atoms with Crippen molar-refractivity contribution in [3.05, 3.63) is 34.3 Å². The van der Waals surface area contributed by atoms with Crippen LogP contribution in [0.5, 0.6) is 0 Å². The van der Waals surface area contributed by atoms with Gasteiger partial charge in [0, 0.05) is 42.7 Å². The second kappa shape index (κ2) is 5.92. The molecular weight excluding hydrogens is 302 g/mol. The molecule has 2 saturated heterocycles. The van der Waals surface area contributed by atoms with E-state index in [9.17, 15) is 0 Å². The Bertz CT molecular complexity index is 437. The molecule has 0 bridgehead atoms. The first-order chi connectivity index (χ1) is 9.29. The van der Waals surface area contributed by atoms with E-state index < -0.39 is 0 Å². The molecule has 4 heteroatoms. The normalized spacial score (nSPS) is 26.3. The lowest BCUT2D eigenvalue weighted by Crippen LogP contribution is -2.52. The van der Waals surface area contributed by atoms with E-state index in [4.69, 9.17) is 5.73 Å². The average Bonchev–Trinajstić information content (AvgIpc) is 2.89. The Kier molecular flexibility index (Phi) is 4.22. The molecule has 1 aromatic carbocycles. The molecule has 3 nitrogen and oxygen atoms in total. The molecule has 2 aliphatic heterocycles. The number of rotatable bonds is 3. The molecule has 0 aromatic heterocycles. The maximum absolute atomic E-state index is 6.07. The van der Waals surface area contributed by atoms with Crippen LogP contribution in [0.1, 0.15) is 24.4 Å². The monoisotopic (exact) mass is 323 g/mol. The summed E-state index contributed by atoms with van der Waals surface area (Å²) in [6.07, 6.45) is 2.71. The Hall–Kier alpha value is -0.420. The van der Waals surface area contributed by atoms with Crippen LogP contribution in [0.25, 0.3) is 0 Å². The van der Waals surface area contributed by atoms with E-state index in [0.29, 0.717) is 12.6 Å². The summed E-state index contributed by atoms with van der Waals surface area (Å²) in [5.74, 6) is 0. The van der Waals surface area contributed by atoms with Gasteiger partial charge in [0.1, 0.15) is 0 Å². The summed E-state index contributed by atoms with van der Waals surface area (Å²) in [5, 5.41) is 0. The number of benzene rings is 1. The van der Waals surface area contributed by atoms with Crippen LogP contribution in [0.2, 0.25) is 0 Å². The molecule has 3 rings (SSSR count). The average molecular weight is 324 g/mol. The second-order valence-corrected chi connectivity index (χ2v) is 6.45. The van der Waals surface area contributed by atoms with Gasteiger partial charge >= 0.3 is 0 Å². The minimum absolute atomic E-state index is 0.346. The number of hydrogen-bond donors (Lipinski definition) is 1. The van der Waals surface area contributed by atoms with Crippen LogP contribution in [0.4, 0.5) is 0 Å². The first kappa shape index (κ1) is 13.6. The molecule has 0 radical (unpaired) electrons. The van der Waals surface area contributed by atoms with Crippen molar-refractivity contribution in [2.75, 3.05) is 32.7 Å². The smallest absolute Gasteiger partial charge is 0.0482 e. The van der Waals surface area contributed by atoms with Crippen LogP contribution in [0, 0.1) is 0 Å². The molecule has 2 fully saturated rings. The minimum Gasteiger partial charge on any atom is -0.329 e. The van der Waals surface area contributed by atoms with Gasteiger partial charge in [-0.05, 0) is 31.0 Å². The Balaban J connectivity index is 1.77. The van der Waals surface area contributed by atoms with Gasteiger partial charge in [0.2, 0.25) is 0 Å². The SMILES string of the molecule is NCC(c1ccccc1Br)N1CCN2CCCC2C1. The maximum Gasteiger partial charge on any atom is 0.0482 e. The first-order valence-corrected chi connectivity index (χ1v) is 8.01. The van der Waals surface area contributed by atoms with E-state index in [1.807, 2.05) is 0 Å². The van der Waals surface area contributed by atoms with Crippen LogP contribution < -0.4 is 5.73 Å². The summed E-state index contributed by atoms with van der Waals surface area (Å²) in [4.78, 5) is 5.22. The lowest BCUT2D eigenvalue weighted by atomic mass is 10.0. The van der Waals surface area contributed by atoms with E-state index in [0.717, 1.165) is 12.6 Å². The lowest BCUT2D eigenvalue weighted by molar-refractivity contribution is 0.0735. The predicted molar refractivity (Wildman–Crippen MR) is 82.1 cm³/mol. The molecule has 2 aliphatic rings. The fraction of sp³-hybridized carbons (Fsp3) is 0.600. The molecule has 0 amide bonds. The quantitative estimate of drug-likeness (QED) is 0.925. The van der Waals surface area contributed by atoms with Crippen molar-refractivity contribution in [1.29, 1.82) is 0 Å². The van der Waals surface area contributed by atoms with Gasteiger partial charge in [-0.3, -0.25) is 9.80 Å². The highest BCUT2D eigenvalue weighted by Crippen LogP contribution is 2.31. The van der Waals surface area contributed by atoms with Crippen molar-refractivity contribution in [1.82, 2.24) is 9.80 Å². The number of halogens is 1. The van der Waals surface area contributed by atoms with Gasteiger partial charge in [0.05, 0.1) is 0 Å².